The van der Waals surface area contributed by atoms with Crippen LogP contribution in [-0.4, -0.2) is 17.9 Å². The van der Waals surface area contributed by atoms with Crippen LogP contribution in [0.3, 0.4) is 0 Å². The Morgan fingerprint density at radius 1 is 0.293 bits per heavy atom. The molecule has 0 aromatic rings. The van der Waals surface area contributed by atoms with Gasteiger partial charge in [0.2, 0.25) is 0 Å². The van der Waals surface area contributed by atoms with Gasteiger partial charge in [-0.1, -0.05) is 252 Å². The summed E-state index contributed by atoms with van der Waals surface area (Å²) in [4.78, 5) is 30.6. The van der Waals surface area contributed by atoms with Gasteiger partial charge in [-0.05, 0) is 38.5 Å². The fourth-order valence-electron chi connectivity index (χ4n) is 6.86. The van der Waals surface area contributed by atoms with Crippen LogP contribution in [0.2, 0.25) is 4.22 Å². The average Bonchev–Trinajstić information content (AvgIpc) is 3.17. The van der Waals surface area contributed by atoms with E-state index >= 15 is 0 Å². The molecular weight excluding hydrogens is 756 g/mol. The first kappa shape index (κ1) is 63.8. The second-order valence-corrected chi connectivity index (χ2v) is 19.1. The van der Waals surface area contributed by atoms with Gasteiger partial charge in [-0.15, -0.1) is 0 Å². The van der Waals surface area contributed by atoms with Gasteiger partial charge in [-0.25, -0.2) is 0 Å². The minimum atomic E-state index is -0.905. The Balaban J connectivity index is -0.000000359. The molecule has 58 heavy (non-hydrogen) atoms. The number of carbonyl (C=O) groups excluding carboxylic acids is 3. The molecule has 0 aliphatic carbocycles. The van der Waals surface area contributed by atoms with E-state index in [0.29, 0.717) is 0 Å². The minimum absolute atomic E-state index is 0.234. The molecule has 0 fully saturated rings. The molecule has 0 heterocycles. The second-order valence-electron chi connectivity index (χ2n) is 17.2. The quantitative estimate of drug-likeness (QED) is 0.0445. The number of hydrogen-bond donors (Lipinski definition) is 0. The van der Waals surface area contributed by atoms with Gasteiger partial charge >= 0.3 is 38.5 Å². The fraction of sp³-hybridized carbons (Fsp3) is 0.941. The Morgan fingerprint density at radius 3 is 0.500 bits per heavy atom. The van der Waals surface area contributed by atoms with Gasteiger partial charge in [0.05, 0.1) is 0 Å². The van der Waals surface area contributed by atoms with Crippen molar-refractivity contribution in [2.45, 2.75) is 309 Å². The zero-order valence-corrected chi connectivity index (χ0v) is 41.3. The molecule has 0 aliphatic heterocycles. The van der Waals surface area contributed by atoms with Gasteiger partial charge in [0.15, 0.2) is 0 Å². The molecule has 0 aromatic carbocycles. The van der Waals surface area contributed by atoms with E-state index in [-0.39, 0.29) is 19.3 Å². The average molecular weight is 857 g/mol. The molecular formula is C51H100O6Ti. The normalized spacial score (nSPS) is 10.6. The van der Waals surface area contributed by atoms with Gasteiger partial charge in [0.1, 0.15) is 0 Å². The molecule has 0 radical (unpaired) electrons. The summed E-state index contributed by atoms with van der Waals surface area (Å²) in [5.74, 6) is -2.71. The van der Waals surface area contributed by atoms with Crippen LogP contribution in [0.4, 0.5) is 0 Å². The van der Waals surface area contributed by atoms with Gasteiger partial charge < -0.3 is 29.7 Å². The number of rotatable bonds is 42. The Bertz CT molecular complexity index is 676. The molecule has 7 heteroatoms. The zero-order chi connectivity index (χ0) is 44.0. The Morgan fingerprint density at radius 2 is 0.397 bits per heavy atom. The second kappa shape index (κ2) is 60.4. The predicted octanol–water partition coefficient (Wildman–Crippen LogP) is 14.0. The Hall–Kier alpha value is -0.876. The molecule has 0 rings (SSSR count). The number of carboxylic acid groups (broad SMARTS) is 3. The van der Waals surface area contributed by atoms with E-state index in [1.807, 2.05) is 0 Å². The SMILES string of the molecule is CCCCCCCCCCCCCCCC(=O)[O-].CCCCCCCCCCCCCCCC(=O)[O-].CCCCCCCCCCCCCCCC(=O)[O-].C[CH](C)[Ti+3]. The molecule has 0 saturated heterocycles. The maximum atomic E-state index is 10.2. The van der Waals surface area contributed by atoms with Crippen molar-refractivity contribution in [1.29, 1.82) is 0 Å². The molecule has 0 unspecified atom stereocenters. The van der Waals surface area contributed by atoms with Crippen LogP contribution >= 0.6 is 0 Å². The van der Waals surface area contributed by atoms with Crippen molar-refractivity contribution in [1.82, 2.24) is 0 Å². The summed E-state index contributed by atoms with van der Waals surface area (Å²) in [6.07, 6.45) is 50.8. The van der Waals surface area contributed by atoms with Crippen molar-refractivity contribution in [3.63, 3.8) is 0 Å². The first-order valence-electron chi connectivity index (χ1n) is 25.4. The third-order valence-electron chi connectivity index (χ3n) is 10.5. The van der Waals surface area contributed by atoms with E-state index in [2.05, 4.69) is 55.1 Å². The molecule has 0 spiro atoms. The summed E-state index contributed by atoms with van der Waals surface area (Å²) < 4.78 is 0.833. The van der Waals surface area contributed by atoms with Crippen LogP contribution in [0, 0.1) is 0 Å². The topological polar surface area (TPSA) is 120 Å². The Kier molecular flexibility index (Phi) is 66.4. The van der Waals surface area contributed by atoms with Crippen molar-refractivity contribution < 1.29 is 50.1 Å². The molecule has 344 valence electrons. The van der Waals surface area contributed by atoms with E-state index in [0.717, 1.165) is 42.7 Å². The third-order valence-corrected chi connectivity index (χ3v) is 10.5. The number of unbranched alkanes of at least 4 members (excludes halogenated alkanes) is 36. The molecule has 0 amide bonds. The van der Waals surface area contributed by atoms with Crippen LogP contribution in [0.1, 0.15) is 304 Å². The van der Waals surface area contributed by atoms with Crippen LogP contribution in [0.25, 0.3) is 0 Å². The van der Waals surface area contributed by atoms with Crippen molar-refractivity contribution in [3.05, 3.63) is 0 Å². The summed E-state index contributed by atoms with van der Waals surface area (Å²) >= 11 is 2.17. The van der Waals surface area contributed by atoms with E-state index in [4.69, 9.17) is 0 Å². The van der Waals surface area contributed by atoms with E-state index in [9.17, 15) is 29.7 Å². The number of hydrogen-bond acceptors (Lipinski definition) is 6. The van der Waals surface area contributed by atoms with Crippen molar-refractivity contribution >= 4 is 17.9 Å². The van der Waals surface area contributed by atoms with Crippen LogP contribution < -0.4 is 15.3 Å². The first-order valence-corrected chi connectivity index (χ1v) is 26.3. The van der Waals surface area contributed by atoms with Gasteiger partial charge in [0.25, 0.3) is 0 Å². The van der Waals surface area contributed by atoms with Crippen LogP contribution in [-0.2, 0) is 34.8 Å². The summed E-state index contributed by atoms with van der Waals surface area (Å²) in [5.41, 5.74) is 0. The predicted molar refractivity (Wildman–Crippen MR) is 241 cm³/mol. The number of carbonyl (C=O) groups is 3. The summed E-state index contributed by atoms with van der Waals surface area (Å²) in [7, 11) is 0. The summed E-state index contributed by atoms with van der Waals surface area (Å²) in [6.45, 7) is 11.1. The number of carboxylic acids is 3. The monoisotopic (exact) mass is 857 g/mol. The van der Waals surface area contributed by atoms with Crippen molar-refractivity contribution in [3.8, 4) is 0 Å². The van der Waals surface area contributed by atoms with Crippen molar-refractivity contribution in [2.75, 3.05) is 0 Å². The summed E-state index contributed by atoms with van der Waals surface area (Å²) in [6, 6.07) is 0. The molecule has 0 aromatic heterocycles. The van der Waals surface area contributed by atoms with E-state index in [1.165, 1.54) is 212 Å². The Labute approximate surface area is 374 Å². The van der Waals surface area contributed by atoms with E-state index < -0.39 is 17.9 Å². The number of aliphatic carboxylic acids is 3. The maximum absolute atomic E-state index is 10.2. The molecule has 0 N–H and O–H groups in total. The molecule has 0 aliphatic rings. The third kappa shape index (κ3) is 82.9. The molecule has 6 nitrogen and oxygen atoms in total. The standard InChI is InChI=1S/3C16H32O2.C3H7.Ti/c3*1-2-3-4-5-6-7-8-9-10-11-12-13-14-15-16(17)18;1-3-2;/h3*2-15H2,1H3,(H,17,18);3H,1-2H3;/q;;;;+3/p-3. The molecule has 0 saturated carbocycles. The first-order chi connectivity index (χ1) is 28.0. The van der Waals surface area contributed by atoms with Gasteiger partial charge in [-0.3, -0.25) is 0 Å². The molecule has 0 bridgehead atoms. The summed E-state index contributed by atoms with van der Waals surface area (Å²) in [5, 5.41) is 30.6. The van der Waals surface area contributed by atoms with Crippen LogP contribution in [0.15, 0.2) is 0 Å². The molecule has 0 atom stereocenters. The van der Waals surface area contributed by atoms with E-state index in [1.54, 1.807) is 0 Å². The van der Waals surface area contributed by atoms with Gasteiger partial charge in [-0.2, -0.15) is 0 Å². The van der Waals surface area contributed by atoms with Crippen LogP contribution in [0.5, 0.6) is 0 Å². The zero-order valence-electron chi connectivity index (χ0n) is 39.7. The van der Waals surface area contributed by atoms with Crippen molar-refractivity contribution in [2.24, 2.45) is 0 Å². The fourth-order valence-corrected chi connectivity index (χ4v) is 6.86. The van der Waals surface area contributed by atoms with Gasteiger partial charge in [0, 0.05) is 17.9 Å².